The summed E-state index contributed by atoms with van der Waals surface area (Å²) in [5, 5.41) is 13.4. The van der Waals surface area contributed by atoms with Crippen LogP contribution in [0.1, 0.15) is 35.8 Å². The van der Waals surface area contributed by atoms with Crippen LogP contribution in [0.25, 0.3) is 0 Å². The highest BCUT2D eigenvalue weighted by molar-refractivity contribution is 5.97. The highest BCUT2D eigenvalue weighted by atomic mass is 16.4. The molecule has 1 aliphatic heterocycles. The zero-order valence-electron chi connectivity index (χ0n) is 11.5. The van der Waals surface area contributed by atoms with E-state index in [1.54, 1.807) is 11.7 Å². The molecule has 6 nitrogen and oxygen atoms in total. The molecule has 2 unspecified atom stereocenters. The molecule has 1 aromatic heterocycles. The van der Waals surface area contributed by atoms with Gasteiger partial charge in [-0.15, -0.1) is 0 Å². The first-order valence-corrected chi connectivity index (χ1v) is 6.46. The van der Waals surface area contributed by atoms with Gasteiger partial charge in [0.25, 0.3) is 5.91 Å². The van der Waals surface area contributed by atoms with Crippen LogP contribution in [0, 0.1) is 12.8 Å². The van der Waals surface area contributed by atoms with Crippen LogP contribution in [0.2, 0.25) is 0 Å². The normalized spacial score (nSPS) is 23.4. The number of amides is 1. The van der Waals surface area contributed by atoms with Gasteiger partial charge in [-0.1, -0.05) is 6.92 Å². The first kappa shape index (κ1) is 13.6. The monoisotopic (exact) mass is 265 g/mol. The summed E-state index contributed by atoms with van der Waals surface area (Å²) in [4.78, 5) is 25.4. The van der Waals surface area contributed by atoms with Crippen LogP contribution in [-0.2, 0) is 11.8 Å². The fourth-order valence-corrected chi connectivity index (χ4v) is 2.66. The molecule has 0 aliphatic carbocycles. The van der Waals surface area contributed by atoms with E-state index in [1.807, 2.05) is 13.8 Å². The van der Waals surface area contributed by atoms with Crippen molar-refractivity contribution < 1.29 is 14.7 Å². The molecule has 104 valence electrons. The number of carboxylic acids is 1. The number of carboxylic acid groups (broad SMARTS) is 1. The van der Waals surface area contributed by atoms with Gasteiger partial charge in [-0.2, -0.15) is 5.10 Å². The van der Waals surface area contributed by atoms with Crippen LogP contribution in [0.15, 0.2) is 6.20 Å². The van der Waals surface area contributed by atoms with Gasteiger partial charge in [0, 0.05) is 19.3 Å². The summed E-state index contributed by atoms with van der Waals surface area (Å²) < 4.78 is 1.62. The molecule has 1 fully saturated rings. The van der Waals surface area contributed by atoms with Crippen molar-refractivity contribution in [2.75, 3.05) is 6.54 Å². The maximum Gasteiger partial charge on any atom is 0.326 e. The molecule has 0 saturated carbocycles. The first-order chi connectivity index (χ1) is 8.93. The highest BCUT2D eigenvalue weighted by Gasteiger charge is 2.38. The van der Waals surface area contributed by atoms with Crippen molar-refractivity contribution >= 4 is 11.9 Å². The van der Waals surface area contributed by atoms with E-state index in [1.165, 1.54) is 11.1 Å². The number of likely N-dealkylation sites (tertiary alicyclic amines) is 1. The molecule has 2 rings (SSSR count). The molecule has 1 saturated heterocycles. The Balaban J connectivity index is 2.31. The average Bonchev–Trinajstić information content (AvgIpc) is 2.68. The number of aliphatic carboxylic acids is 1. The zero-order chi connectivity index (χ0) is 14.2. The van der Waals surface area contributed by atoms with E-state index in [0.717, 1.165) is 18.5 Å². The first-order valence-electron chi connectivity index (χ1n) is 6.46. The van der Waals surface area contributed by atoms with E-state index in [9.17, 15) is 14.7 Å². The lowest BCUT2D eigenvalue weighted by molar-refractivity contribution is -0.145. The number of aromatic nitrogens is 2. The number of hydrogen-bond donors (Lipinski definition) is 1. The van der Waals surface area contributed by atoms with Gasteiger partial charge in [-0.05, 0) is 25.7 Å². The van der Waals surface area contributed by atoms with E-state index in [2.05, 4.69) is 5.10 Å². The minimum absolute atomic E-state index is 0.0211. The second kappa shape index (κ2) is 5.03. The summed E-state index contributed by atoms with van der Waals surface area (Å²) >= 11 is 0. The molecule has 0 radical (unpaired) electrons. The molecule has 1 aromatic rings. The second-order valence-electron chi connectivity index (χ2n) is 5.17. The summed E-state index contributed by atoms with van der Waals surface area (Å²) in [6, 6.07) is -0.735. The number of hydrogen-bond acceptors (Lipinski definition) is 3. The van der Waals surface area contributed by atoms with Crippen molar-refractivity contribution in [1.82, 2.24) is 14.7 Å². The van der Waals surface area contributed by atoms with E-state index < -0.39 is 12.0 Å². The average molecular weight is 265 g/mol. The molecule has 2 atom stereocenters. The van der Waals surface area contributed by atoms with Gasteiger partial charge in [0.15, 0.2) is 0 Å². The van der Waals surface area contributed by atoms with Gasteiger partial charge >= 0.3 is 5.97 Å². The Morgan fingerprint density at radius 1 is 1.47 bits per heavy atom. The van der Waals surface area contributed by atoms with Crippen LogP contribution >= 0.6 is 0 Å². The smallest absolute Gasteiger partial charge is 0.326 e. The molecular formula is C13H19N3O3. The summed E-state index contributed by atoms with van der Waals surface area (Å²) in [5.41, 5.74) is 1.25. The quantitative estimate of drug-likeness (QED) is 0.867. The van der Waals surface area contributed by atoms with Crippen molar-refractivity contribution in [2.45, 2.75) is 32.7 Å². The third-order valence-corrected chi connectivity index (χ3v) is 3.91. The predicted molar refractivity (Wildman–Crippen MR) is 68.8 cm³/mol. The van der Waals surface area contributed by atoms with Crippen LogP contribution in [0.5, 0.6) is 0 Å². The van der Waals surface area contributed by atoms with Crippen molar-refractivity contribution in [3.63, 3.8) is 0 Å². The largest absolute Gasteiger partial charge is 0.480 e. The molecule has 1 aliphatic rings. The zero-order valence-corrected chi connectivity index (χ0v) is 11.5. The Bertz CT molecular complexity index is 509. The third-order valence-electron chi connectivity index (χ3n) is 3.91. The van der Waals surface area contributed by atoms with E-state index >= 15 is 0 Å². The van der Waals surface area contributed by atoms with Gasteiger partial charge < -0.3 is 10.0 Å². The van der Waals surface area contributed by atoms with Crippen LogP contribution in [0.4, 0.5) is 0 Å². The summed E-state index contributed by atoms with van der Waals surface area (Å²) in [6.45, 7) is 4.19. The van der Waals surface area contributed by atoms with E-state index in [4.69, 9.17) is 0 Å². The molecular weight excluding hydrogens is 246 g/mol. The topological polar surface area (TPSA) is 75.4 Å². The van der Waals surface area contributed by atoms with Gasteiger partial charge in [0.1, 0.15) is 6.04 Å². The Labute approximate surface area is 112 Å². The lowest BCUT2D eigenvalue weighted by atomic mass is 9.90. The third kappa shape index (κ3) is 2.34. The number of piperidine rings is 1. The number of rotatable bonds is 2. The number of nitrogens with zero attached hydrogens (tertiary/aromatic N) is 3. The standard InChI is InChI=1S/C13H19N3O3/c1-8-5-4-6-16(11(8)13(18)19)12(17)10-7-14-15(3)9(10)2/h7-8,11H,4-6H2,1-3H3,(H,18,19). The molecule has 0 bridgehead atoms. The number of aryl methyl sites for hydroxylation is 1. The molecule has 0 spiro atoms. The Kier molecular flexibility index (Phi) is 3.59. The minimum atomic E-state index is -0.929. The molecule has 2 heterocycles. The van der Waals surface area contributed by atoms with Crippen LogP contribution in [0.3, 0.4) is 0 Å². The Morgan fingerprint density at radius 3 is 2.68 bits per heavy atom. The van der Waals surface area contributed by atoms with Crippen LogP contribution < -0.4 is 0 Å². The Morgan fingerprint density at radius 2 is 2.16 bits per heavy atom. The van der Waals surface area contributed by atoms with Crippen molar-refractivity contribution in [3.05, 3.63) is 17.5 Å². The van der Waals surface area contributed by atoms with Gasteiger partial charge in [-0.3, -0.25) is 9.48 Å². The van der Waals surface area contributed by atoms with Crippen molar-refractivity contribution in [2.24, 2.45) is 13.0 Å². The van der Waals surface area contributed by atoms with Crippen LogP contribution in [-0.4, -0.2) is 44.3 Å². The van der Waals surface area contributed by atoms with Gasteiger partial charge in [-0.25, -0.2) is 4.79 Å². The van der Waals surface area contributed by atoms with E-state index in [-0.39, 0.29) is 11.8 Å². The number of carbonyl (C=O) groups is 2. The fourth-order valence-electron chi connectivity index (χ4n) is 2.66. The maximum atomic E-state index is 12.5. The molecule has 1 amide bonds. The minimum Gasteiger partial charge on any atom is -0.480 e. The van der Waals surface area contributed by atoms with Crippen molar-refractivity contribution in [3.8, 4) is 0 Å². The second-order valence-corrected chi connectivity index (χ2v) is 5.17. The van der Waals surface area contributed by atoms with E-state index in [0.29, 0.717) is 12.1 Å². The molecule has 1 N–H and O–H groups in total. The lowest BCUT2D eigenvalue weighted by Crippen LogP contribution is -2.52. The Hall–Kier alpha value is -1.85. The van der Waals surface area contributed by atoms with Gasteiger partial charge in [0.05, 0.1) is 11.8 Å². The van der Waals surface area contributed by atoms with Crippen molar-refractivity contribution in [1.29, 1.82) is 0 Å². The molecule has 19 heavy (non-hydrogen) atoms. The fraction of sp³-hybridized carbons (Fsp3) is 0.615. The SMILES string of the molecule is Cc1c(C(=O)N2CCCC(C)C2C(=O)O)cnn1C. The summed E-state index contributed by atoms with van der Waals surface area (Å²) in [5.74, 6) is -1.18. The summed E-state index contributed by atoms with van der Waals surface area (Å²) in [6.07, 6.45) is 3.19. The number of carbonyl (C=O) groups excluding carboxylic acids is 1. The highest BCUT2D eigenvalue weighted by Crippen LogP contribution is 2.25. The molecule has 0 aromatic carbocycles. The maximum absolute atomic E-state index is 12.5. The summed E-state index contributed by atoms with van der Waals surface area (Å²) in [7, 11) is 1.76. The molecule has 6 heteroatoms. The van der Waals surface area contributed by atoms with Gasteiger partial charge in [0.2, 0.25) is 0 Å². The lowest BCUT2D eigenvalue weighted by Gasteiger charge is -2.37. The predicted octanol–water partition coefficient (Wildman–Crippen LogP) is 1.05.